The third-order valence-corrected chi connectivity index (χ3v) is 4.33. The van der Waals surface area contributed by atoms with E-state index in [0.717, 1.165) is 19.3 Å². The Morgan fingerprint density at radius 2 is 1.48 bits per heavy atom. The number of esters is 1. The summed E-state index contributed by atoms with van der Waals surface area (Å²) in [5, 5.41) is 9.05. The van der Waals surface area contributed by atoms with Crippen molar-refractivity contribution in [1.29, 1.82) is 0 Å². The molecule has 0 bridgehead atoms. The Hall–Kier alpha value is -1.13. The van der Waals surface area contributed by atoms with Crippen LogP contribution in [0.5, 0.6) is 0 Å². The van der Waals surface area contributed by atoms with Crippen molar-refractivity contribution in [3.05, 3.63) is 24.3 Å². The van der Waals surface area contributed by atoms with Crippen LogP contribution < -0.4 is 0 Å². The molecule has 0 aromatic carbocycles. The zero-order chi connectivity index (χ0) is 20.0. The number of aliphatic hydroxyl groups excluding tert-OH is 1. The minimum Gasteiger partial charge on any atom is -0.458 e. The van der Waals surface area contributed by atoms with Crippen molar-refractivity contribution in [3.8, 4) is 0 Å². The Morgan fingerprint density at radius 3 is 2.07 bits per heavy atom. The summed E-state index contributed by atoms with van der Waals surface area (Å²) in [7, 11) is 0. The first-order chi connectivity index (χ1) is 13.2. The lowest BCUT2D eigenvalue weighted by Crippen LogP contribution is -2.26. The van der Waals surface area contributed by atoms with Crippen LogP contribution >= 0.6 is 0 Å². The summed E-state index contributed by atoms with van der Waals surface area (Å²) in [6.07, 6.45) is 23.3. The molecule has 0 fully saturated rings. The minimum absolute atomic E-state index is 0.191. The summed E-state index contributed by atoms with van der Waals surface area (Å²) in [5.74, 6) is -0.383. The molecule has 0 saturated heterocycles. The molecule has 0 amide bonds. The van der Waals surface area contributed by atoms with E-state index in [1.807, 2.05) is 0 Å². The van der Waals surface area contributed by atoms with Gasteiger partial charge < -0.3 is 14.6 Å². The fourth-order valence-corrected chi connectivity index (χ4v) is 2.77. The number of carbonyl (C=O) groups excluding carboxylic acids is 1. The van der Waals surface area contributed by atoms with Crippen molar-refractivity contribution in [2.24, 2.45) is 0 Å². The van der Waals surface area contributed by atoms with Gasteiger partial charge in [-0.3, -0.25) is 4.79 Å². The van der Waals surface area contributed by atoms with Gasteiger partial charge in [0.05, 0.1) is 13.2 Å². The van der Waals surface area contributed by atoms with Gasteiger partial charge in [0, 0.05) is 13.5 Å². The van der Waals surface area contributed by atoms with Gasteiger partial charge in [-0.15, -0.1) is 0 Å². The van der Waals surface area contributed by atoms with E-state index in [1.54, 1.807) is 0 Å². The van der Waals surface area contributed by atoms with E-state index in [1.165, 1.54) is 64.7 Å². The first-order valence-corrected chi connectivity index (χ1v) is 10.9. The molecule has 0 rings (SSSR count). The highest BCUT2D eigenvalue weighted by Gasteiger charge is 2.10. The molecule has 4 nitrogen and oxygen atoms in total. The van der Waals surface area contributed by atoms with Crippen molar-refractivity contribution in [1.82, 2.24) is 0 Å². The number of hydrogen-bond acceptors (Lipinski definition) is 4. The summed E-state index contributed by atoms with van der Waals surface area (Å²) in [6.45, 7) is 4.32. The number of hydrogen-bond donors (Lipinski definition) is 1. The van der Waals surface area contributed by atoms with Gasteiger partial charge in [0.25, 0.3) is 0 Å². The molecule has 0 spiro atoms. The van der Waals surface area contributed by atoms with Gasteiger partial charge in [-0.2, -0.15) is 0 Å². The van der Waals surface area contributed by atoms with E-state index in [2.05, 4.69) is 31.2 Å². The van der Waals surface area contributed by atoms with E-state index in [9.17, 15) is 4.79 Å². The SMILES string of the molecule is CCCCC/C=C\C/C=C\CCCCCCCCOCC(CO)OC(C)=O. The minimum atomic E-state index is -0.535. The highest BCUT2D eigenvalue weighted by Crippen LogP contribution is 2.08. The molecule has 0 heterocycles. The number of rotatable bonds is 19. The fourth-order valence-electron chi connectivity index (χ4n) is 2.77. The van der Waals surface area contributed by atoms with E-state index in [4.69, 9.17) is 14.6 Å². The molecule has 0 aliphatic carbocycles. The van der Waals surface area contributed by atoms with Crippen LogP contribution in [0.4, 0.5) is 0 Å². The standard InChI is InChI=1S/C23H42O4/c1-3-4-5-6-7-8-9-10-11-12-13-14-15-16-17-18-19-26-21-23(20-24)27-22(2)25/h7-8,10-11,23-24H,3-6,9,12-21H2,1-2H3/b8-7-,11-10-. The predicted octanol–water partition coefficient (Wildman–Crippen LogP) is 5.74. The number of aliphatic hydroxyl groups is 1. The molecule has 0 aromatic rings. The Labute approximate surface area is 167 Å². The van der Waals surface area contributed by atoms with Crippen LogP contribution in [-0.4, -0.2) is 37.0 Å². The molecular weight excluding hydrogens is 340 g/mol. The molecule has 0 aliphatic heterocycles. The molecule has 0 aliphatic rings. The van der Waals surface area contributed by atoms with Crippen LogP contribution in [0.15, 0.2) is 24.3 Å². The lowest BCUT2D eigenvalue weighted by Gasteiger charge is -2.14. The normalized spacial score (nSPS) is 12.9. The summed E-state index contributed by atoms with van der Waals surface area (Å²) in [5.41, 5.74) is 0. The van der Waals surface area contributed by atoms with Crippen LogP contribution in [0.3, 0.4) is 0 Å². The van der Waals surface area contributed by atoms with Crippen molar-refractivity contribution in [3.63, 3.8) is 0 Å². The second-order valence-electron chi connectivity index (χ2n) is 7.07. The summed E-state index contributed by atoms with van der Waals surface area (Å²) >= 11 is 0. The van der Waals surface area contributed by atoms with Crippen LogP contribution in [0.2, 0.25) is 0 Å². The topological polar surface area (TPSA) is 55.8 Å². The highest BCUT2D eigenvalue weighted by molar-refractivity contribution is 5.66. The van der Waals surface area contributed by atoms with Crippen molar-refractivity contribution in [2.75, 3.05) is 19.8 Å². The average Bonchev–Trinajstić information content (AvgIpc) is 2.65. The number of ether oxygens (including phenoxy) is 2. The van der Waals surface area contributed by atoms with Crippen LogP contribution in [0.1, 0.15) is 90.9 Å². The molecule has 1 atom stereocenters. The zero-order valence-electron chi connectivity index (χ0n) is 17.7. The molecular formula is C23H42O4. The average molecular weight is 383 g/mol. The molecule has 1 N–H and O–H groups in total. The molecule has 27 heavy (non-hydrogen) atoms. The Morgan fingerprint density at radius 1 is 0.889 bits per heavy atom. The van der Waals surface area contributed by atoms with E-state index in [-0.39, 0.29) is 19.2 Å². The smallest absolute Gasteiger partial charge is 0.303 e. The van der Waals surface area contributed by atoms with Gasteiger partial charge in [0.15, 0.2) is 0 Å². The molecule has 4 heteroatoms. The number of allylic oxidation sites excluding steroid dienone is 4. The van der Waals surface area contributed by atoms with Crippen molar-refractivity contribution in [2.45, 2.75) is 97.0 Å². The summed E-state index contributed by atoms with van der Waals surface area (Å²) in [4.78, 5) is 10.8. The van der Waals surface area contributed by atoms with Gasteiger partial charge in [-0.1, -0.05) is 69.8 Å². The Bertz CT molecular complexity index is 377. The van der Waals surface area contributed by atoms with Gasteiger partial charge >= 0.3 is 5.97 Å². The van der Waals surface area contributed by atoms with E-state index in [0.29, 0.717) is 6.61 Å². The first kappa shape index (κ1) is 25.9. The lowest BCUT2D eigenvalue weighted by molar-refractivity contribution is -0.152. The maximum Gasteiger partial charge on any atom is 0.303 e. The second kappa shape index (κ2) is 21.2. The third kappa shape index (κ3) is 21.0. The maximum absolute atomic E-state index is 10.8. The number of carbonyl (C=O) groups is 1. The maximum atomic E-state index is 10.8. The second-order valence-corrected chi connectivity index (χ2v) is 7.07. The fraction of sp³-hybridized carbons (Fsp3) is 0.783. The van der Waals surface area contributed by atoms with Crippen LogP contribution in [0, 0.1) is 0 Å². The monoisotopic (exact) mass is 382 g/mol. The van der Waals surface area contributed by atoms with Crippen molar-refractivity contribution < 1.29 is 19.4 Å². The summed E-state index contributed by atoms with van der Waals surface area (Å²) < 4.78 is 10.4. The first-order valence-electron chi connectivity index (χ1n) is 10.9. The number of unbranched alkanes of at least 4 members (excludes halogenated alkanes) is 9. The largest absolute Gasteiger partial charge is 0.458 e. The third-order valence-electron chi connectivity index (χ3n) is 4.33. The van der Waals surface area contributed by atoms with Gasteiger partial charge in [0.1, 0.15) is 6.10 Å². The predicted molar refractivity (Wildman–Crippen MR) is 113 cm³/mol. The van der Waals surface area contributed by atoms with Gasteiger partial charge in [-0.05, 0) is 38.5 Å². The van der Waals surface area contributed by atoms with E-state index >= 15 is 0 Å². The van der Waals surface area contributed by atoms with Gasteiger partial charge in [0.2, 0.25) is 0 Å². The molecule has 0 saturated carbocycles. The lowest BCUT2D eigenvalue weighted by atomic mass is 10.1. The molecule has 0 aromatic heterocycles. The van der Waals surface area contributed by atoms with Crippen molar-refractivity contribution >= 4 is 5.97 Å². The molecule has 158 valence electrons. The van der Waals surface area contributed by atoms with Crippen LogP contribution in [0.25, 0.3) is 0 Å². The highest BCUT2D eigenvalue weighted by atomic mass is 16.6. The quantitative estimate of drug-likeness (QED) is 0.176. The summed E-state index contributed by atoms with van der Waals surface area (Å²) in [6, 6.07) is 0. The molecule has 1 unspecified atom stereocenters. The Balaban J connectivity index is 3.28. The van der Waals surface area contributed by atoms with Crippen LogP contribution in [-0.2, 0) is 14.3 Å². The molecule has 0 radical (unpaired) electrons. The Kier molecular flexibility index (Phi) is 20.3. The van der Waals surface area contributed by atoms with Gasteiger partial charge in [-0.25, -0.2) is 0 Å². The zero-order valence-corrected chi connectivity index (χ0v) is 17.7. The van der Waals surface area contributed by atoms with E-state index < -0.39 is 6.10 Å².